The van der Waals surface area contributed by atoms with E-state index in [4.69, 9.17) is 28.6 Å². The molecular weight excluding hydrogens is 376 g/mol. The van der Waals surface area contributed by atoms with Crippen LogP contribution in [0.3, 0.4) is 0 Å². The van der Waals surface area contributed by atoms with Crippen molar-refractivity contribution in [1.82, 2.24) is 20.0 Å². The summed E-state index contributed by atoms with van der Waals surface area (Å²) in [5.74, 6) is 0. The van der Waals surface area contributed by atoms with Gasteiger partial charge in [-0.3, -0.25) is 9.80 Å². The van der Waals surface area contributed by atoms with Crippen LogP contribution in [0.5, 0.6) is 0 Å². The monoisotopic (exact) mass is 402 g/mol. The summed E-state index contributed by atoms with van der Waals surface area (Å²) in [5.41, 5.74) is 0. The maximum absolute atomic E-state index is 6.01. The van der Waals surface area contributed by atoms with Crippen molar-refractivity contribution in [2.75, 3.05) is 65.6 Å². The SMILES string of the molecule is S=C(NCCCN1CCOCC1)N1CCN(Cc2ccc(Cl)s2)CC1. The molecular formula is C17H27ClN4OS2. The molecule has 1 aromatic rings. The molecule has 3 heterocycles. The van der Waals surface area contributed by atoms with E-state index in [0.29, 0.717) is 0 Å². The zero-order valence-corrected chi connectivity index (χ0v) is 17.0. The van der Waals surface area contributed by atoms with Gasteiger partial charge in [0.15, 0.2) is 5.11 Å². The van der Waals surface area contributed by atoms with Crippen LogP contribution in [-0.2, 0) is 11.3 Å². The zero-order valence-electron chi connectivity index (χ0n) is 14.6. The fourth-order valence-electron chi connectivity index (χ4n) is 3.20. The second-order valence-electron chi connectivity index (χ2n) is 6.51. The van der Waals surface area contributed by atoms with E-state index in [1.807, 2.05) is 6.07 Å². The topological polar surface area (TPSA) is 31.0 Å². The summed E-state index contributed by atoms with van der Waals surface area (Å²) in [5, 5.41) is 4.33. The van der Waals surface area contributed by atoms with Crippen LogP contribution in [0.1, 0.15) is 11.3 Å². The van der Waals surface area contributed by atoms with Gasteiger partial charge in [-0.1, -0.05) is 11.6 Å². The Kier molecular flexibility index (Phi) is 7.76. The first-order chi connectivity index (χ1) is 12.2. The van der Waals surface area contributed by atoms with Crippen LogP contribution in [0.4, 0.5) is 0 Å². The molecule has 0 unspecified atom stereocenters. The summed E-state index contributed by atoms with van der Waals surface area (Å²) in [4.78, 5) is 8.56. The van der Waals surface area contributed by atoms with Crippen molar-refractivity contribution in [3.63, 3.8) is 0 Å². The smallest absolute Gasteiger partial charge is 0.169 e. The third kappa shape index (κ3) is 6.34. The van der Waals surface area contributed by atoms with Crippen LogP contribution < -0.4 is 5.32 Å². The average Bonchev–Trinajstić information content (AvgIpc) is 3.05. The van der Waals surface area contributed by atoms with Gasteiger partial charge in [0, 0.05) is 57.2 Å². The number of piperazine rings is 1. The predicted molar refractivity (Wildman–Crippen MR) is 109 cm³/mol. The normalized spacial score (nSPS) is 20.0. The maximum Gasteiger partial charge on any atom is 0.169 e. The lowest BCUT2D eigenvalue weighted by Crippen LogP contribution is -2.51. The van der Waals surface area contributed by atoms with E-state index in [9.17, 15) is 0 Å². The van der Waals surface area contributed by atoms with E-state index in [1.165, 1.54) is 4.88 Å². The van der Waals surface area contributed by atoms with Crippen molar-refractivity contribution in [3.8, 4) is 0 Å². The molecule has 1 N–H and O–H groups in total. The highest BCUT2D eigenvalue weighted by molar-refractivity contribution is 7.80. The van der Waals surface area contributed by atoms with Gasteiger partial charge in [-0.2, -0.15) is 0 Å². The molecule has 8 heteroatoms. The minimum atomic E-state index is 0.869. The van der Waals surface area contributed by atoms with E-state index in [1.54, 1.807) is 11.3 Å². The van der Waals surface area contributed by atoms with Crippen molar-refractivity contribution in [2.24, 2.45) is 0 Å². The molecule has 0 spiro atoms. The first-order valence-corrected chi connectivity index (χ1v) is 10.6. The minimum absolute atomic E-state index is 0.869. The van der Waals surface area contributed by atoms with Crippen LogP contribution in [0.25, 0.3) is 0 Å². The lowest BCUT2D eigenvalue weighted by atomic mass is 10.3. The second-order valence-corrected chi connectivity index (χ2v) is 8.69. The Morgan fingerprint density at radius 3 is 2.56 bits per heavy atom. The molecule has 140 valence electrons. The molecule has 0 radical (unpaired) electrons. The number of thiophene rings is 1. The quantitative estimate of drug-likeness (QED) is 0.579. The Morgan fingerprint density at radius 2 is 1.88 bits per heavy atom. The molecule has 25 heavy (non-hydrogen) atoms. The van der Waals surface area contributed by atoms with Gasteiger partial charge in [-0.15, -0.1) is 11.3 Å². The van der Waals surface area contributed by atoms with Crippen molar-refractivity contribution in [2.45, 2.75) is 13.0 Å². The first-order valence-electron chi connectivity index (χ1n) is 9.00. The van der Waals surface area contributed by atoms with Gasteiger partial charge in [-0.25, -0.2) is 0 Å². The predicted octanol–water partition coefficient (Wildman–Crippen LogP) is 2.12. The van der Waals surface area contributed by atoms with Gasteiger partial charge in [-0.05, 0) is 37.3 Å². The van der Waals surface area contributed by atoms with Crippen molar-refractivity contribution >= 4 is 40.3 Å². The Bertz CT molecular complexity index is 543. The molecule has 2 aliphatic rings. The molecule has 3 rings (SSSR count). The number of ether oxygens (including phenoxy) is 1. The lowest BCUT2D eigenvalue weighted by Gasteiger charge is -2.36. The minimum Gasteiger partial charge on any atom is -0.379 e. The van der Waals surface area contributed by atoms with Crippen LogP contribution >= 0.6 is 35.2 Å². The number of nitrogens with zero attached hydrogens (tertiary/aromatic N) is 3. The van der Waals surface area contributed by atoms with Gasteiger partial charge in [0.05, 0.1) is 17.6 Å². The molecule has 1 aromatic heterocycles. The number of nitrogens with one attached hydrogen (secondary N) is 1. The van der Waals surface area contributed by atoms with Crippen LogP contribution in [-0.4, -0.2) is 85.4 Å². The van der Waals surface area contributed by atoms with E-state index in [0.717, 1.165) is 88.0 Å². The lowest BCUT2D eigenvalue weighted by molar-refractivity contribution is 0.0375. The van der Waals surface area contributed by atoms with Crippen LogP contribution in [0, 0.1) is 0 Å². The zero-order chi connectivity index (χ0) is 17.5. The maximum atomic E-state index is 6.01. The number of hydrogen-bond acceptors (Lipinski definition) is 5. The number of hydrogen-bond donors (Lipinski definition) is 1. The molecule has 0 amide bonds. The van der Waals surface area contributed by atoms with Crippen molar-refractivity contribution < 1.29 is 4.74 Å². The highest BCUT2D eigenvalue weighted by Gasteiger charge is 2.19. The molecule has 2 aliphatic heterocycles. The molecule has 0 atom stereocenters. The number of rotatable bonds is 6. The molecule has 2 saturated heterocycles. The molecule has 0 aliphatic carbocycles. The highest BCUT2D eigenvalue weighted by atomic mass is 35.5. The molecule has 0 bridgehead atoms. The third-order valence-corrected chi connectivity index (χ3v) is 6.32. The summed E-state index contributed by atoms with van der Waals surface area (Å²) >= 11 is 13.2. The van der Waals surface area contributed by atoms with E-state index in [-0.39, 0.29) is 0 Å². The Balaban J connectivity index is 1.28. The largest absolute Gasteiger partial charge is 0.379 e. The van der Waals surface area contributed by atoms with Crippen molar-refractivity contribution in [3.05, 3.63) is 21.3 Å². The van der Waals surface area contributed by atoms with Gasteiger partial charge in [0.2, 0.25) is 0 Å². The van der Waals surface area contributed by atoms with E-state index >= 15 is 0 Å². The second kappa shape index (κ2) is 10.0. The van der Waals surface area contributed by atoms with Crippen LogP contribution in [0.2, 0.25) is 4.34 Å². The third-order valence-electron chi connectivity index (χ3n) is 4.70. The van der Waals surface area contributed by atoms with Crippen LogP contribution in [0.15, 0.2) is 12.1 Å². The Hall–Kier alpha value is -0.440. The van der Waals surface area contributed by atoms with Gasteiger partial charge in [0.25, 0.3) is 0 Å². The average molecular weight is 403 g/mol. The molecule has 5 nitrogen and oxygen atoms in total. The van der Waals surface area contributed by atoms with Gasteiger partial charge < -0.3 is 15.0 Å². The van der Waals surface area contributed by atoms with Gasteiger partial charge >= 0.3 is 0 Å². The Labute approximate surface area is 164 Å². The summed E-state index contributed by atoms with van der Waals surface area (Å²) in [6.45, 7) is 11.0. The van der Waals surface area contributed by atoms with E-state index < -0.39 is 0 Å². The molecule has 0 saturated carbocycles. The number of halogens is 1. The number of morpholine rings is 1. The standard InChI is InChI=1S/C17H27ClN4OS2/c18-16-3-2-15(25-16)14-21-6-8-22(9-7-21)17(24)19-4-1-5-20-10-12-23-13-11-20/h2-3H,1,4-14H2,(H,19,24). The summed E-state index contributed by atoms with van der Waals surface area (Å²) < 4.78 is 6.25. The van der Waals surface area contributed by atoms with Crippen molar-refractivity contribution in [1.29, 1.82) is 0 Å². The fraction of sp³-hybridized carbons (Fsp3) is 0.706. The molecule has 0 aromatic carbocycles. The molecule has 2 fully saturated rings. The first kappa shape index (κ1) is 19.3. The number of thiocarbonyl (C=S) groups is 1. The summed E-state index contributed by atoms with van der Waals surface area (Å²) in [6.07, 6.45) is 1.12. The van der Waals surface area contributed by atoms with Gasteiger partial charge in [0.1, 0.15) is 0 Å². The Morgan fingerprint density at radius 1 is 1.12 bits per heavy atom. The van der Waals surface area contributed by atoms with E-state index in [2.05, 4.69) is 26.1 Å². The fourth-order valence-corrected chi connectivity index (χ4v) is 4.62. The highest BCUT2D eigenvalue weighted by Crippen LogP contribution is 2.23. The summed E-state index contributed by atoms with van der Waals surface area (Å²) in [7, 11) is 0. The summed E-state index contributed by atoms with van der Waals surface area (Å²) in [6, 6.07) is 4.10.